The van der Waals surface area contributed by atoms with Gasteiger partial charge in [0.2, 0.25) is 5.91 Å². The van der Waals surface area contributed by atoms with E-state index < -0.39 is 15.4 Å². The van der Waals surface area contributed by atoms with Crippen LogP contribution >= 0.6 is 0 Å². The SMILES string of the molecule is CCCNC(=O)C1(c2ccc(NS(=O)(=O)c3cccc(OC)c3)cc2)CCC1. The number of methoxy groups -OCH3 is 1. The molecule has 1 amide bonds. The van der Waals surface area contributed by atoms with E-state index in [4.69, 9.17) is 4.74 Å². The van der Waals surface area contributed by atoms with Crippen molar-refractivity contribution in [2.45, 2.75) is 42.9 Å². The number of carbonyl (C=O) groups is 1. The van der Waals surface area contributed by atoms with Crippen molar-refractivity contribution in [3.05, 3.63) is 54.1 Å². The molecule has 1 aliphatic rings. The van der Waals surface area contributed by atoms with Crippen LogP contribution < -0.4 is 14.8 Å². The number of hydrogen-bond acceptors (Lipinski definition) is 4. The normalized spacial score (nSPS) is 15.4. The molecule has 0 radical (unpaired) electrons. The van der Waals surface area contributed by atoms with E-state index in [1.54, 1.807) is 24.3 Å². The molecule has 1 fully saturated rings. The Hall–Kier alpha value is -2.54. The Kier molecular flexibility index (Phi) is 5.93. The number of anilines is 1. The molecule has 0 aromatic heterocycles. The molecule has 28 heavy (non-hydrogen) atoms. The minimum atomic E-state index is -3.72. The molecule has 3 rings (SSSR count). The van der Waals surface area contributed by atoms with Gasteiger partial charge in [0.25, 0.3) is 10.0 Å². The van der Waals surface area contributed by atoms with Crippen LogP contribution in [-0.4, -0.2) is 28.0 Å². The van der Waals surface area contributed by atoms with Crippen molar-refractivity contribution in [1.29, 1.82) is 0 Å². The largest absolute Gasteiger partial charge is 0.497 e. The van der Waals surface area contributed by atoms with Gasteiger partial charge in [0, 0.05) is 18.3 Å². The average molecular weight is 403 g/mol. The fraction of sp³-hybridized carbons (Fsp3) is 0.381. The van der Waals surface area contributed by atoms with Gasteiger partial charge in [0.15, 0.2) is 0 Å². The van der Waals surface area contributed by atoms with Crippen LogP contribution in [0.15, 0.2) is 53.4 Å². The van der Waals surface area contributed by atoms with Crippen molar-refractivity contribution in [3.63, 3.8) is 0 Å². The standard InChI is InChI=1S/C21H26N2O4S/c1-3-14-22-20(24)21(12-5-13-21)16-8-10-17(11-9-16)23-28(25,26)19-7-4-6-18(15-19)27-2/h4,6-11,15,23H,3,5,12-14H2,1-2H3,(H,22,24). The lowest BCUT2D eigenvalue weighted by Gasteiger charge is -2.40. The maximum Gasteiger partial charge on any atom is 0.262 e. The van der Waals surface area contributed by atoms with E-state index >= 15 is 0 Å². The molecule has 7 heteroatoms. The highest BCUT2D eigenvalue weighted by atomic mass is 32.2. The van der Waals surface area contributed by atoms with E-state index in [0.717, 1.165) is 31.2 Å². The molecule has 0 spiro atoms. The van der Waals surface area contributed by atoms with Crippen LogP contribution in [0.25, 0.3) is 0 Å². The third kappa shape index (κ3) is 3.99. The quantitative estimate of drug-likeness (QED) is 0.708. The number of carbonyl (C=O) groups excluding carboxylic acids is 1. The molecular weight excluding hydrogens is 376 g/mol. The Labute approximate surface area is 166 Å². The summed E-state index contributed by atoms with van der Waals surface area (Å²) in [6, 6.07) is 13.4. The number of benzene rings is 2. The molecule has 0 bridgehead atoms. The van der Waals surface area contributed by atoms with Gasteiger partial charge in [-0.15, -0.1) is 0 Å². The molecule has 2 N–H and O–H groups in total. The predicted molar refractivity (Wildman–Crippen MR) is 109 cm³/mol. The monoisotopic (exact) mass is 402 g/mol. The van der Waals surface area contributed by atoms with Crippen LogP contribution in [-0.2, 0) is 20.2 Å². The van der Waals surface area contributed by atoms with Gasteiger partial charge in [0.05, 0.1) is 17.4 Å². The third-order valence-corrected chi connectivity index (χ3v) is 6.60. The minimum absolute atomic E-state index is 0.0605. The first-order valence-electron chi connectivity index (χ1n) is 9.47. The van der Waals surface area contributed by atoms with Gasteiger partial charge in [-0.1, -0.05) is 31.5 Å². The number of sulfonamides is 1. The zero-order chi connectivity index (χ0) is 20.2. The van der Waals surface area contributed by atoms with Crippen LogP contribution in [0, 0.1) is 0 Å². The molecule has 2 aromatic carbocycles. The highest BCUT2D eigenvalue weighted by Crippen LogP contribution is 2.44. The van der Waals surface area contributed by atoms with Crippen LogP contribution in [0.4, 0.5) is 5.69 Å². The Balaban J connectivity index is 1.78. The van der Waals surface area contributed by atoms with E-state index in [1.165, 1.54) is 19.2 Å². The first-order valence-corrected chi connectivity index (χ1v) is 11.0. The Morgan fingerprint density at radius 2 is 1.86 bits per heavy atom. The van der Waals surface area contributed by atoms with E-state index in [0.29, 0.717) is 18.0 Å². The summed E-state index contributed by atoms with van der Waals surface area (Å²) in [5.74, 6) is 0.536. The molecular formula is C21H26N2O4S. The van der Waals surface area contributed by atoms with Crippen molar-refractivity contribution < 1.29 is 17.9 Å². The summed E-state index contributed by atoms with van der Waals surface area (Å²) in [7, 11) is -2.23. The zero-order valence-electron chi connectivity index (χ0n) is 16.2. The molecule has 150 valence electrons. The van der Waals surface area contributed by atoms with Gasteiger partial charge >= 0.3 is 0 Å². The van der Waals surface area contributed by atoms with Crippen molar-refractivity contribution >= 4 is 21.6 Å². The van der Waals surface area contributed by atoms with E-state index in [2.05, 4.69) is 10.0 Å². The van der Waals surface area contributed by atoms with Crippen LogP contribution in [0.3, 0.4) is 0 Å². The first-order chi connectivity index (χ1) is 13.4. The predicted octanol–water partition coefficient (Wildman–Crippen LogP) is 3.44. The fourth-order valence-corrected chi connectivity index (χ4v) is 4.52. The van der Waals surface area contributed by atoms with Crippen molar-refractivity contribution in [1.82, 2.24) is 5.32 Å². The van der Waals surface area contributed by atoms with Crippen molar-refractivity contribution in [2.75, 3.05) is 18.4 Å². The molecule has 1 saturated carbocycles. The van der Waals surface area contributed by atoms with Gasteiger partial charge in [-0.25, -0.2) is 8.42 Å². The summed E-state index contributed by atoms with van der Waals surface area (Å²) in [6.07, 6.45) is 3.55. The Morgan fingerprint density at radius 3 is 2.43 bits per heavy atom. The molecule has 0 aliphatic heterocycles. The van der Waals surface area contributed by atoms with E-state index in [1.807, 2.05) is 19.1 Å². The smallest absolute Gasteiger partial charge is 0.262 e. The number of ether oxygens (including phenoxy) is 1. The van der Waals surface area contributed by atoms with E-state index in [-0.39, 0.29) is 10.8 Å². The molecule has 0 atom stereocenters. The molecule has 0 heterocycles. The van der Waals surface area contributed by atoms with Crippen molar-refractivity contribution in [2.24, 2.45) is 0 Å². The highest BCUT2D eigenvalue weighted by molar-refractivity contribution is 7.92. The van der Waals surface area contributed by atoms with Crippen molar-refractivity contribution in [3.8, 4) is 5.75 Å². The Bertz CT molecular complexity index is 935. The zero-order valence-corrected chi connectivity index (χ0v) is 17.0. The summed E-state index contributed by atoms with van der Waals surface area (Å²) in [5, 5.41) is 3.00. The van der Waals surface area contributed by atoms with Gasteiger partial charge in [-0.2, -0.15) is 0 Å². The second-order valence-corrected chi connectivity index (χ2v) is 8.74. The maximum atomic E-state index is 12.6. The summed E-state index contributed by atoms with van der Waals surface area (Å²) >= 11 is 0. The van der Waals surface area contributed by atoms with Gasteiger partial charge < -0.3 is 10.1 Å². The second-order valence-electron chi connectivity index (χ2n) is 7.05. The summed E-state index contributed by atoms with van der Waals surface area (Å²) in [6.45, 7) is 2.69. The lowest BCUT2D eigenvalue weighted by Crippen LogP contribution is -2.49. The van der Waals surface area contributed by atoms with Crippen LogP contribution in [0.5, 0.6) is 5.75 Å². The Morgan fingerprint density at radius 1 is 1.14 bits per heavy atom. The topological polar surface area (TPSA) is 84.5 Å². The van der Waals surface area contributed by atoms with Crippen LogP contribution in [0.2, 0.25) is 0 Å². The van der Waals surface area contributed by atoms with Crippen LogP contribution in [0.1, 0.15) is 38.2 Å². The number of nitrogens with one attached hydrogen (secondary N) is 2. The number of hydrogen-bond donors (Lipinski definition) is 2. The molecule has 6 nitrogen and oxygen atoms in total. The molecule has 0 unspecified atom stereocenters. The average Bonchev–Trinajstić information content (AvgIpc) is 2.66. The summed E-state index contributed by atoms with van der Waals surface area (Å²) in [4.78, 5) is 12.8. The van der Waals surface area contributed by atoms with Gasteiger partial charge in [-0.05, 0) is 49.1 Å². The highest BCUT2D eigenvalue weighted by Gasteiger charge is 2.45. The fourth-order valence-electron chi connectivity index (χ4n) is 3.42. The lowest BCUT2D eigenvalue weighted by atomic mass is 9.64. The minimum Gasteiger partial charge on any atom is -0.497 e. The molecule has 0 saturated heterocycles. The lowest BCUT2D eigenvalue weighted by molar-refractivity contribution is -0.129. The maximum absolute atomic E-state index is 12.6. The first kappa shape index (κ1) is 20.2. The summed E-state index contributed by atoms with van der Waals surface area (Å²) < 4.78 is 32.9. The van der Waals surface area contributed by atoms with Gasteiger partial charge in [0.1, 0.15) is 5.75 Å². The third-order valence-electron chi connectivity index (χ3n) is 5.22. The summed E-state index contributed by atoms with van der Waals surface area (Å²) in [5.41, 5.74) is 0.894. The number of rotatable bonds is 8. The number of amides is 1. The second kappa shape index (κ2) is 8.22. The van der Waals surface area contributed by atoms with Gasteiger partial charge in [-0.3, -0.25) is 9.52 Å². The molecule has 2 aromatic rings. The molecule has 1 aliphatic carbocycles. The van der Waals surface area contributed by atoms with E-state index in [9.17, 15) is 13.2 Å².